The third-order valence-electron chi connectivity index (χ3n) is 6.63. The highest BCUT2D eigenvalue weighted by Gasteiger charge is 2.32. The van der Waals surface area contributed by atoms with E-state index in [0.717, 1.165) is 0 Å². The molecule has 3 heterocycles. The Balaban J connectivity index is 1.68. The lowest BCUT2D eigenvalue weighted by molar-refractivity contribution is -0.122. The molecule has 0 aliphatic carbocycles. The van der Waals surface area contributed by atoms with E-state index in [1.165, 1.54) is 11.6 Å². The van der Waals surface area contributed by atoms with Gasteiger partial charge in [-0.3, -0.25) is 9.59 Å². The van der Waals surface area contributed by atoms with Crippen LogP contribution in [0.15, 0.2) is 35.1 Å². The van der Waals surface area contributed by atoms with Gasteiger partial charge in [-0.15, -0.1) is 0 Å². The lowest BCUT2D eigenvalue weighted by Crippen LogP contribution is -2.47. The van der Waals surface area contributed by atoms with E-state index < -0.39 is 6.10 Å². The molecule has 10 nitrogen and oxygen atoms in total. The lowest BCUT2D eigenvalue weighted by Gasteiger charge is -2.40. The zero-order valence-corrected chi connectivity index (χ0v) is 21.8. The fourth-order valence-electron chi connectivity index (χ4n) is 4.58. The van der Waals surface area contributed by atoms with E-state index in [1.54, 1.807) is 31.3 Å². The molecule has 11 heteroatoms. The van der Waals surface area contributed by atoms with Crippen molar-refractivity contribution in [3.8, 4) is 5.75 Å². The summed E-state index contributed by atoms with van der Waals surface area (Å²) in [6, 6.07) is 8.60. The molecule has 1 aliphatic heterocycles. The maximum Gasteiger partial charge on any atom is 0.293 e. The SMILES string of the molecule is [C-]#[N+]c1cc(Cl)c(Nc2ccc3c(c2)cc(OCC(=O)NC)c(=O)n3C)nc1N1C[C@@H](C)C(O)[C@@H](C)C1. The molecule has 1 amide bonds. The van der Waals surface area contributed by atoms with E-state index in [4.69, 9.17) is 27.9 Å². The van der Waals surface area contributed by atoms with Crippen molar-refractivity contribution in [3.63, 3.8) is 0 Å². The number of carbonyl (C=O) groups excluding carboxylic acids is 1. The van der Waals surface area contributed by atoms with Crippen LogP contribution in [-0.4, -0.2) is 53.4 Å². The van der Waals surface area contributed by atoms with Gasteiger partial charge in [0, 0.05) is 38.3 Å². The fraction of sp³-hybridized carbons (Fsp3) is 0.385. The van der Waals surface area contributed by atoms with E-state index in [9.17, 15) is 14.7 Å². The van der Waals surface area contributed by atoms with Crippen LogP contribution in [0.4, 0.5) is 23.0 Å². The number of halogens is 1. The van der Waals surface area contributed by atoms with Gasteiger partial charge < -0.3 is 29.9 Å². The maximum absolute atomic E-state index is 12.6. The largest absolute Gasteiger partial charge is 0.478 e. The van der Waals surface area contributed by atoms with Crippen LogP contribution < -0.4 is 25.8 Å². The number of benzene rings is 1. The monoisotopic (exact) mass is 524 g/mol. The molecule has 4 rings (SSSR count). The quantitative estimate of drug-likeness (QED) is 0.423. The molecule has 3 atom stereocenters. The Kier molecular flexibility index (Phi) is 7.57. The molecule has 0 bridgehead atoms. The first kappa shape index (κ1) is 26.3. The van der Waals surface area contributed by atoms with Crippen molar-refractivity contribution in [1.29, 1.82) is 0 Å². The van der Waals surface area contributed by atoms with Crippen LogP contribution in [0.5, 0.6) is 5.75 Å². The summed E-state index contributed by atoms with van der Waals surface area (Å²) in [4.78, 5) is 34.6. The number of nitrogens with zero attached hydrogens (tertiary/aromatic N) is 4. The van der Waals surface area contributed by atoms with Crippen molar-refractivity contribution in [2.24, 2.45) is 18.9 Å². The van der Waals surface area contributed by atoms with Crippen LogP contribution in [-0.2, 0) is 11.8 Å². The van der Waals surface area contributed by atoms with Gasteiger partial charge in [0.25, 0.3) is 11.5 Å². The number of aliphatic hydroxyl groups excluding tert-OH is 1. The molecule has 1 saturated heterocycles. The Hall–Kier alpha value is -3.81. The molecule has 1 aliphatic rings. The van der Waals surface area contributed by atoms with Crippen molar-refractivity contribution >= 4 is 51.4 Å². The zero-order valence-electron chi connectivity index (χ0n) is 21.1. The van der Waals surface area contributed by atoms with Crippen molar-refractivity contribution < 1.29 is 14.6 Å². The minimum absolute atomic E-state index is 0.0307. The molecule has 3 aromatic rings. The fourth-order valence-corrected chi connectivity index (χ4v) is 4.77. The van der Waals surface area contributed by atoms with Crippen molar-refractivity contribution in [2.45, 2.75) is 20.0 Å². The number of ether oxygens (including phenoxy) is 1. The average Bonchev–Trinajstić information content (AvgIpc) is 2.88. The van der Waals surface area contributed by atoms with Crippen molar-refractivity contribution in [3.05, 3.63) is 57.1 Å². The number of fused-ring (bicyclic) bond motifs is 1. The van der Waals surface area contributed by atoms with Gasteiger partial charge in [-0.1, -0.05) is 25.4 Å². The second-order valence-electron chi connectivity index (χ2n) is 9.36. The minimum atomic E-state index is -0.406. The third kappa shape index (κ3) is 5.33. The smallest absolute Gasteiger partial charge is 0.293 e. The topological polar surface area (TPSA) is 113 Å². The van der Waals surface area contributed by atoms with E-state index in [2.05, 4.69) is 15.5 Å². The third-order valence-corrected chi connectivity index (χ3v) is 6.92. The summed E-state index contributed by atoms with van der Waals surface area (Å²) in [7, 11) is 3.13. The molecule has 0 radical (unpaired) electrons. The predicted octanol–water partition coefficient (Wildman–Crippen LogP) is 3.46. The summed E-state index contributed by atoms with van der Waals surface area (Å²) >= 11 is 6.49. The van der Waals surface area contributed by atoms with Gasteiger partial charge in [-0.2, -0.15) is 0 Å². The summed E-state index contributed by atoms with van der Waals surface area (Å²) in [6.45, 7) is 12.5. The number of carbonyl (C=O) groups is 1. The molecular weight excluding hydrogens is 496 g/mol. The number of aliphatic hydroxyl groups is 1. The standard InChI is InChI=1S/C26H29ClN6O4/c1-14-11-33(12-15(2)23(14)35)25-19(28-3)10-18(27)24(31-25)30-17-6-7-20-16(8-17)9-21(26(36)32(20)5)37-13-22(34)29-4/h6-10,14-15,23,35H,11-13H2,1-2,4-5H3,(H,29,34)(H,30,31)/t14-,15+,23?. The summed E-state index contributed by atoms with van der Waals surface area (Å²) in [5, 5.41) is 17.0. The molecule has 2 aromatic heterocycles. The number of nitrogens with one attached hydrogen (secondary N) is 2. The number of hydrogen-bond donors (Lipinski definition) is 3. The molecule has 1 aromatic carbocycles. The van der Waals surface area contributed by atoms with E-state index >= 15 is 0 Å². The van der Waals surface area contributed by atoms with Crippen LogP contribution in [0.25, 0.3) is 15.7 Å². The van der Waals surface area contributed by atoms with E-state index in [-0.39, 0.29) is 35.7 Å². The van der Waals surface area contributed by atoms with Gasteiger partial charge in [0.2, 0.25) is 5.69 Å². The summed E-state index contributed by atoms with van der Waals surface area (Å²) in [5.41, 5.74) is 1.34. The normalized spacial score (nSPS) is 19.4. The first-order valence-corrected chi connectivity index (χ1v) is 12.3. The number of likely N-dealkylation sites (N-methyl/N-ethyl adjacent to an activating group) is 1. The van der Waals surface area contributed by atoms with Crippen LogP contribution in [0, 0.1) is 18.4 Å². The lowest BCUT2D eigenvalue weighted by atomic mass is 9.88. The van der Waals surface area contributed by atoms with Crippen molar-refractivity contribution in [1.82, 2.24) is 14.9 Å². The van der Waals surface area contributed by atoms with Crippen LogP contribution in [0.2, 0.25) is 5.02 Å². The molecule has 1 fully saturated rings. The van der Waals surface area contributed by atoms with Gasteiger partial charge in [-0.25, -0.2) is 9.83 Å². The number of piperidine rings is 1. The maximum atomic E-state index is 12.6. The Morgan fingerprint density at radius 3 is 2.62 bits per heavy atom. The van der Waals surface area contributed by atoms with Gasteiger partial charge in [-0.05, 0) is 42.2 Å². The second kappa shape index (κ2) is 10.7. The number of anilines is 3. The predicted molar refractivity (Wildman–Crippen MR) is 144 cm³/mol. The van der Waals surface area contributed by atoms with Crippen LogP contribution >= 0.6 is 11.6 Å². The number of rotatable bonds is 6. The number of hydrogen-bond acceptors (Lipinski definition) is 7. The van der Waals surface area contributed by atoms with Gasteiger partial charge in [0.05, 0.1) is 23.2 Å². The van der Waals surface area contributed by atoms with E-state index in [1.807, 2.05) is 24.8 Å². The molecule has 37 heavy (non-hydrogen) atoms. The van der Waals surface area contributed by atoms with Crippen molar-refractivity contribution in [2.75, 3.05) is 37.0 Å². The number of amides is 1. The Morgan fingerprint density at radius 1 is 1.27 bits per heavy atom. The Labute approximate surface area is 219 Å². The molecule has 0 saturated carbocycles. The summed E-state index contributed by atoms with van der Waals surface area (Å²) in [6.07, 6.45) is -0.406. The van der Waals surface area contributed by atoms with Gasteiger partial charge in [0.15, 0.2) is 12.4 Å². The number of pyridine rings is 2. The Morgan fingerprint density at radius 2 is 1.97 bits per heavy atom. The zero-order chi connectivity index (χ0) is 26.9. The highest BCUT2D eigenvalue weighted by Crippen LogP contribution is 2.38. The highest BCUT2D eigenvalue weighted by atomic mass is 35.5. The minimum Gasteiger partial charge on any atom is -0.478 e. The Bertz CT molecular complexity index is 1440. The highest BCUT2D eigenvalue weighted by molar-refractivity contribution is 6.33. The first-order valence-electron chi connectivity index (χ1n) is 11.9. The first-order chi connectivity index (χ1) is 17.6. The molecular formula is C26H29ClN6O4. The second-order valence-corrected chi connectivity index (χ2v) is 9.76. The van der Waals surface area contributed by atoms with Crippen LogP contribution in [0.3, 0.4) is 0 Å². The molecule has 1 unspecified atom stereocenters. The molecule has 3 N–H and O–H groups in total. The summed E-state index contributed by atoms with van der Waals surface area (Å²) < 4.78 is 6.90. The van der Waals surface area contributed by atoms with Gasteiger partial charge in [0.1, 0.15) is 11.6 Å². The average molecular weight is 525 g/mol. The summed E-state index contributed by atoms with van der Waals surface area (Å²) in [5.74, 6) is 0.678. The van der Waals surface area contributed by atoms with E-state index in [0.29, 0.717) is 52.0 Å². The van der Waals surface area contributed by atoms with Crippen LogP contribution in [0.1, 0.15) is 13.8 Å². The molecule has 0 spiro atoms. The number of aromatic nitrogens is 2. The molecule has 194 valence electrons. The van der Waals surface area contributed by atoms with Gasteiger partial charge >= 0.3 is 0 Å². The number of aryl methyl sites for hydroxylation is 1.